The SMILES string of the molecule is Clc1cccc(/C=N/n2cnc3c(Nc4ccncc4)nc(N4CCOCC4)nc32)c1. The van der Waals surface area contributed by atoms with Gasteiger partial charge >= 0.3 is 0 Å². The van der Waals surface area contributed by atoms with Crippen molar-refractivity contribution in [2.45, 2.75) is 0 Å². The van der Waals surface area contributed by atoms with Gasteiger partial charge in [0.1, 0.15) is 6.33 Å². The maximum absolute atomic E-state index is 6.08. The summed E-state index contributed by atoms with van der Waals surface area (Å²) in [6.45, 7) is 2.72. The number of nitrogens with one attached hydrogen (secondary N) is 1. The zero-order valence-corrected chi connectivity index (χ0v) is 17.3. The van der Waals surface area contributed by atoms with Crippen molar-refractivity contribution in [3.05, 3.63) is 65.7 Å². The molecule has 0 radical (unpaired) electrons. The van der Waals surface area contributed by atoms with Gasteiger partial charge in [-0.3, -0.25) is 4.98 Å². The van der Waals surface area contributed by atoms with Crippen LogP contribution in [0.4, 0.5) is 17.5 Å². The number of hydrogen-bond donors (Lipinski definition) is 1. The number of fused-ring (bicyclic) bond motifs is 1. The molecule has 3 aromatic heterocycles. The fourth-order valence-corrected chi connectivity index (χ4v) is 3.44. The first-order valence-electron chi connectivity index (χ1n) is 9.81. The molecule has 0 saturated carbocycles. The number of anilines is 3. The first kappa shape index (κ1) is 19.4. The summed E-state index contributed by atoms with van der Waals surface area (Å²) in [6.07, 6.45) is 6.79. The predicted molar refractivity (Wildman–Crippen MR) is 120 cm³/mol. The molecule has 0 aliphatic carbocycles. The van der Waals surface area contributed by atoms with Crippen LogP contribution in [0.25, 0.3) is 11.2 Å². The zero-order chi connectivity index (χ0) is 21.0. The lowest BCUT2D eigenvalue weighted by atomic mass is 10.2. The number of rotatable bonds is 5. The number of hydrogen-bond acceptors (Lipinski definition) is 8. The van der Waals surface area contributed by atoms with E-state index in [0.717, 1.165) is 24.3 Å². The Morgan fingerprint density at radius 2 is 1.94 bits per heavy atom. The molecule has 1 saturated heterocycles. The summed E-state index contributed by atoms with van der Waals surface area (Å²) < 4.78 is 7.11. The van der Waals surface area contributed by atoms with Crippen LogP contribution in [0.2, 0.25) is 5.02 Å². The summed E-state index contributed by atoms with van der Waals surface area (Å²) in [5.74, 6) is 1.21. The van der Waals surface area contributed by atoms with E-state index < -0.39 is 0 Å². The van der Waals surface area contributed by atoms with Crippen LogP contribution >= 0.6 is 11.6 Å². The van der Waals surface area contributed by atoms with E-state index >= 15 is 0 Å². The Morgan fingerprint density at radius 3 is 2.74 bits per heavy atom. The molecule has 0 bridgehead atoms. The summed E-state index contributed by atoms with van der Waals surface area (Å²) in [4.78, 5) is 20.2. The van der Waals surface area contributed by atoms with E-state index in [0.29, 0.717) is 41.2 Å². The van der Waals surface area contributed by atoms with Crippen LogP contribution < -0.4 is 10.2 Å². The number of halogens is 1. The largest absolute Gasteiger partial charge is 0.378 e. The highest BCUT2D eigenvalue weighted by Crippen LogP contribution is 2.26. The first-order valence-corrected chi connectivity index (χ1v) is 10.2. The highest BCUT2D eigenvalue weighted by molar-refractivity contribution is 6.30. The van der Waals surface area contributed by atoms with Gasteiger partial charge in [-0.2, -0.15) is 15.1 Å². The van der Waals surface area contributed by atoms with Gasteiger partial charge in [0.05, 0.1) is 19.4 Å². The Labute approximate surface area is 183 Å². The Balaban J connectivity index is 1.56. The van der Waals surface area contributed by atoms with E-state index in [-0.39, 0.29) is 0 Å². The number of morpholine rings is 1. The molecule has 10 heteroatoms. The molecule has 1 aliphatic rings. The quantitative estimate of drug-likeness (QED) is 0.481. The Morgan fingerprint density at radius 1 is 1.10 bits per heavy atom. The fraction of sp³-hybridized carbons (Fsp3) is 0.190. The van der Waals surface area contributed by atoms with E-state index in [2.05, 4.69) is 25.3 Å². The number of ether oxygens (including phenoxy) is 1. The van der Waals surface area contributed by atoms with Crippen molar-refractivity contribution in [3.8, 4) is 0 Å². The molecule has 0 spiro atoms. The summed E-state index contributed by atoms with van der Waals surface area (Å²) in [7, 11) is 0. The molecule has 0 amide bonds. The second kappa shape index (κ2) is 8.66. The van der Waals surface area contributed by atoms with Gasteiger partial charge in [0, 0.05) is 36.2 Å². The monoisotopic (exact) mass is 434 g/mol. The smallest absolute Gasteiger partial charge is 0.229 e. The van der Waals surface area contributed by atoms with Crippen molar-refractivity contribution < 1.29 is 4.74 Å². The first-order chi connectivity index (χ1) is 15.3. The number of benzene rings is 1. The lowest BCUT2D eigenvalue weighted by Crippen LogP contribution is -2.37. The van der Waals surface area contributed by atoms with Crippen molar-refractivity contribution in [2.24, 2.45) is 5.10 Å². The highest BCUT2D eigenvalue weighted by Gasteiger charge is 2.19. The van der Waals surface area contributed by atoms with E-state index in [4.69, 9.17) is 26.3 Å². The predicted octanol–water partition coefficient (Wildman–Crippen LogP) is 3.34. The summed E-state index contributed by atoms with van der Waals surface area (Å²) >= 11 is 6.08. The molecule has 1 N–H and O–H groups in total. The molecule has 1 aromatic carbocycles. The van der Waals surface area contributed by atoms with Crippen molar-refractivity contribution in [1.29, 1.82) is 0 Å². The topological polar surface area (TPSA) is 93.4 Å². The van der Waals surface area contributed by atoms with Gasteiger partial charge in [-0.05, 0) is 29.8 Å². The molecular weight excluding hydrogens is 416 g/mol. The third kappa shape index (κ3) is 4.32. The van der Waals surface area contributed by atoms with Crippen molar-refractivity contribution in [3.63, 3.8) is 0 Å². The lowest BCUT2D eigenvalue weighted by molar-refractivity contribution is 0.122. The van der Waals surface area contributed by atoms with E-state index in [1.165, 1.54) is 0 Å². The van der Waals surface area contributed by atoms with Crippen LogP contribution in [0.3, 0.4) is 0 Å². The van der Waals surface area contributed by atoms with Gasteiger partial charge in [0.15, 0.2) is 17.0 Å². The highest BCUT2D eigenvalue weighted by atomic mass is 35.5. The minimum Gasteiger partial charge on any atom is -0.378 e. The minimum atomic E-state index is 0.603. The number of imidazole rings is 1. The molecule has 156 valence electrons. The maximum atomic E-state index is 6.08. The average molecular weight is 435 g/mol. The van der Waals surface area contributed by atoms with Crippen LogP contribution in [0.15, 0.2) is 60.2 Å². The standard InChI is InChI=1S/C21H19ClN8O/c22-16-3-1-2-15(12-16)13-25-30-14-24-18-19(26-17-4-6-23-7-5-17)27-21(28-20(18)30)29-8-10-31-11-9-29/h1-7,12-14H,8-11H2,(H,23,26,27,28)/b25-13+. The Hall–Kier alpha value is -3.56. The average Bonchev–Trinajstić information content (AvgIpc) is 3.22. The van der Waals surface area contributed by atoms with Gasteiger partial charge in [-0.1, -0.05) is 23.7 Å². The summed E-state index contributed by atoms with van der Waals surface area (Å²) in [5, 5.41) is 8.52. The molecule has 1 aliphatic heterocycles. The van der Waals surface area contributed by atoms with Gasteiger partial charge in [0.2, 0.25) is 5.95 Å². The zero-order valence-electron chi connectivity index (χ0n) is 16.5. The van der Waals surface area contributed by atoms with Crippen LogP contribution in [0, 0.1) is 0 Å². The Bertz CT molecular complexity index is 1220. The van der Waals surface area contributed by atoms with Crippen molar-refractivity contribution in [2.75, 3.05) is 36.5 Å². The van der Waals surface area contributed by atoms with Crippen molar-refractivity contribution in [1.82, 2.24) is 24.6 Å². The number of nitrogens with zero attached hydrogens (tertiary/aromatic N) is 7. The molecule has 0 unspecified atom stereocenters. The van der Waals surface area contributed by atoms with Gasteiger partial charge in [0.25, 0.3) is 0 Å². The third-order valence-electron chi connectivity index (χ3n) is 4.78. The summed E-state index contributed by atoms with van der Waals surface area (Å²) in [6, 6.07) is 11.2. The van der Waals surface area contributed by atoms with Crippen LogP contribution in [0.5, 0.6) is 0 Å². The van der Waals surface area contributed by atoms with E-state index in [1.54, 1.807) is 29.6 Å². The van der Waals surface area contributed by atoms with E-state index in [9.17, 15) is 0 Å². The molecule has 1 fully saturated rings. The minimum absolute atomic E-state index is 0.603. The van der Waals surface area contributed by atoms with Gasteiger partial charge in [-0.15, -0.1) is 0 Å². The summed E-state index contributed by atoms with van der Waals surface area (Å²) in [5.41, 5.74) is 2.97. The molecule has 0 atom stereocenters. The third-order valence-corrected chi connectivity index (χ3v) is 5.02. The second-order valence-electron chi connectivity index (χ2n) is 6.89. The molecule has 31 heavy (non-hydrogen) atoms. The maximum Gasteiger partial charge on any atom is 0.229 e. The fourth-order valence-electron chi connectivity index (χ4n) is 3.24. The number of aromatic nitrogens is 5. The van der Waals surface area contributed by atoms with Gasteiger partial charge in [-0.25, -0.2) is 9.66 Å². The molecular formula is C21H19ClN8O. The van der Waals surface area contributed by atoms with Crippen LogP contribution in [0.1, 0.15) is 5.56 Å². The number of pyridine rings is 1. The van der Waals surface area contributed by atoms with E-state index in [1.807, 2.05) is 36.4 Å². The second-order valence-corrected chi connectivity index (χ2v) is 7.33. The Kier molecular flexibility index (Phi) is 5.42. The molecule has 9 nitrogen and oxygen atoms in total. The lowest BCUT2D eigenvalue weighted by Gasteiger charge is -2.27. The van der Waals surface area contributed by atoms with Crippen LogP contribution in [-0.4, -0.2) is 57.1 Å². The normalized spacial score (nSPS) is 14.4. The van der Waals surface area contributed by atoms with Crippen LogP contribution in [-0.2, 0) is 4.74 Å². The van der Waals surface area contributed by atoms with Crippen molar-refractivity contribution >= 4 is 46.4 Å². The van der Waals surface area contributed by atoms with Gasteiger partial charge < -0.3 is 15.0 Å². The molecule has 4 heterocycles. The molecule has 4 aromatic rings. The molecule has 5 rings (SSSR count).